The van der Waals surface area contributed by atoms with Gasteiger partial charge < -0.3 is 9.88 Å². The average molecular weight is 265 g/mol. The van der Waals surface area contributed by atoms with Gasteiger partial charge in [-0.15, -0.1) is 0 Å². The van der Waals surface area contributed by atoms with Crippen molar-refractivity contribution in [2.24, 2.45) is 5.92 Å². The van der Waals surface area contributed by atoms with Crippen LogP contribution in [0.15, 0.2) is 6.20 Å². The summed E-state index contributed by atoms with van der Waals surface area (Å²) in [5.41, 5.74) is 1.10. The summed E-state index contributed by atoms with van der Waals surface area (Å²) in [6.07, 6.45) is 10.2. The quantitative estimate of drug-likeness (QED) is 0.626. The first-order valence-electron chi connectivity index (χ1n) is 7.91. The molecule has 0 aliphatic carbocycles. The van der Waals surface area contributed by atoms with E-state index in [0.29, 0.717) is 5.92 Å². The van der Waals surface area contributed by atoms with Crippen molar-refractivity contribution in [1.29, 1.82) is 0 Å². The Bertz CT molecular complexity index is 342. The van der Waals surface area contributed by atoms with Gasteiger partial charge in [-0.1, -0.05) is 52.9 Å². The molecule has 1 heterocycles. The second kappa shape index (κ2) is 9.00. The van der Waals surface area contributed by atoms with Gasteiger partial charge in [-0.3, -0.25) is 0 Å². The van der Waals surface area contributed by atoms with Crippen molar-refractivity contribution in [3.63, 3.8) is 0 Å². The molecule has 0 aliphatic heterocycles. The number of rotatable bonds is 10. The third kappa shape index (κ3) is 6.65. The van der Waals surface area contributed by atoms with E-state index >= 15 is 0 Å². The SMILES string of the molecule is CCCCCCCCNc1nc(C)cn1CC(C)C. The van der Waals surface area contributed by atoms with Gasteiger partial charge >= 0.3 is 0 Å². The van der Waals surface area contributed by atoms with Gasteiger partial charge in [0.25, 0.3) is 0 Å². The third-order valence-electron chi connectivity index (χ3n) is 3.27. The zero-order chi connectivity index (χ0) is 14.1. The third-order valence-corrected chi connectivity index (χ3v) is 3.27. The van der Waals surface area contributed by atoms with Gasteiger partial charge in [-0.05, 0) is 19.3 Å². The Morgan fingerprint density at radius 3 is 2.53 bits per heavy atom. The molecular weight excluding hydrogens is 234 g/mol. The molecule has 1 N–H and O–H groups in total. The standard InChI is InChI=1S/C16H31N3/c1-5-6-7-8-9-10-11-17-16-18-15(4)13-19(16)12-14(2)3/h13-14H,5-12H2,1-4H3,(H,17,18). The molecule has 3 heteroatoms. The Morgan fingerprint density at radius 1 is 1.16 bits per heavy atom. The van der Waals surface area contributed by atoms with Gasteiger partial charge in [0.2, 0.25) is 5.95 Å². The van der Waals surface area contributed by atoms with Crippen molar-refractivity contribution >= 4 is 5.95 Å². The van der Waals surface area contributed by atoms with Crippen molar-refractivity contribution < 1.29 is 0 Å². The fourth-order valence-corrected chi connectivity index (χ4v) is 2.33. The van der Waals surface area contributed by atoms with E-state index in [0.717, 1.165) is 24.7 Å². The molecule has 0 amide bonds. The summed E-state index contributed by atoms with van der Waals surface area (Å²) in [6, 6.07) is 0. The lowest BCUT2D eigenvalue weighted by molar-refractivity contribution is 0.525. The Kier molecular flexibility index (Phi) is 7.61. The molecule has 1 aromatic heterocycles. The van der Waals surface area contributed by atoms with Gasteiger partial charge in [-0.2, -0.15) is 0 Å². The van der Waals surface area contributed by atoms with Crippen molar-refractivity contribution in [3.05, 3.63) is 11.9 Å². The van der Waals surface area contributed by atoms with Crippen LogP contribution in [0, 0.1) is 12.8 Å². The lowest BCUT2D eigenvalue weighted by Crippen LogP contribution is -2.11. The summed E-state index contributed by atoms with van der Waals surface area (Å²) in [5.74, 6) is 1.70. The smallest absolute Gasteiger partial charge is 0.203 e. The molecular formula is C16H31N3. The monoisotopic (exact) mass is 265 g/mol. The van der Waals surface area contributed by atoms with Crippen LogP contribution < -0.4 is 5.32 Å². The minimum absolute atomic E-state index is 0.656. The van der Waals surface area contributed by atoms with Gasteiger partial charge in [0, 0.05) is 19.3 Å². The molecule has 19 heavy (non-hydrogen) atoms. The van der Waals surface area contributed by atoms with Crippen molar-refractivity contribution in [3.8, 4) is 0 Å². The summed E-state index contributed by atoms with van der Waals surface area (Å²) in [7, 11) is 0. The number of aryl methyl sites for hydroxylation is 1. The van der Waals surface area contributed by atoms with E-state index in [2.05, 4.69) is 48.8 Å². The lowest BCUT2D eigenvalue weighted by atomic mass is 10.1. The summed E-state index contributed by atoms with van der Waals surface area (Å²) < 4.78 is 2.25. The molecule has 0 unspecified atom stereocenters. The number of hydrogen-bond donors (Lipinski definition) is 1. The first-order chi connectivity index (χ1) is 9.13. The van der Waals surface area contributed by atoms with E-state index in [1.165, 1.54) is 38.5 Å². The number of aromatic nitrogens is 2. The highest BCUT2D eigenvalue weighted by molar-refractivity contribution is 5.28. The van der Waals surface area contributed by atoms with Crippen LogP contribution in [0.25, 0.3) is 0 Å². The molecule has 0 fully saturated rings. The molecule has 0 aliphatic rings. The van der Waals surface area contributed by atoms with Crippen LogP contribution in [0.2, 0.25) is 0 Å². The zero-order valence-electron chi connectivity index (χ0n) is 13.2. The number of unbranched alkanes of at least 4 members (excludes halogenated alkanes) is 5. The molecule has 3 nitrogen and oxygen atoms in total. The number of hydrogen-bond acceptors (Lipinski definition) is 2. The molecule has 0 spiro atoms. The zero-order valence-corrected chi connectivity index (χ0v) is 13.2. The Labute approximate surface area is 118 Å². The van der Waals surface area contributed by atoms with E-state index in [4.69, 9.17) is 0 Å². The predicted molar refractivity (Wildman–Crippen MR) is 83.7 cm³/mol. The lowest BCUT2D eigenvalue weighted by Gasteiger charge is -2.11. The summed E-state index contributed by atoms with van der Waals surface area (Å²) in [4.78, 5) is 4.56. The van der Waals surface area contributed by atoms with Crippen LogP contribution in [0.5, 0.6) is 0 Å². The molecule has 0 radical (unpaired) electrons. The predicted octanol–water partition coefficient (Wildman–Crippen LogP) is 4.62. The fourth-order valence-electron chi connectivity index (χ4n) is 2.33. The van der Waals surface area contributed by atoms with Gasteiger partial charge in [0.1, 0.15) is 0 Å². The Morgan fingerprint density at radius 2 is 1.84 bits per heavy atom. The molecule has 0 atom stereocenters. The molecule has 0 bridgehead atoms. The Hall–Kier alpha value is -0.990. The van der Waals surface area contributed by atoms with Gasteiger partial charge in [-0.25, -0.2) is 4.98 Å². The number of imidazole rings is 1. The van der Waals surface area contributed by atoms with E-state index in [1.807, 2.05) is 0 Å². The first-order valence-corrected chi connectivity index (χ1v) is 7.91. The van der Waals surface area contributed by atoms with Crippen LogP contribution in [0.1, 0.15) is 65.0 Å². The molecule has 1 rings (SSSR count). The summed E-state index contributed by atoms with van der Waals surface area (Å²) >= 11 is 0. The Balaban J connectivity index is 2.24. The second-order valence-electron chi connectivity index (χ2n) is 5.95. The van der Waals surface area contributed by atoms with E-state index in [9.17, 15) is 0 Å². The van der Waals surface area contributed by atoms with Crippen LogP contribution in [0.3, 0.4) is 0 Å². The summed E-state index contributed by atoms with van der Waals surface area (Å²) in [5, 5.41) is 3.48. The number of nitrogens with one attached hydrogen (secondary N) is 1. The highest BCUT2D eigenvalue weighted by Crippen LogP contribution is 2.12. The summed E-state index contributed by atoms with van der Waals surface area (Å²) in [6.45, 7) is 10.9. The maximum absolute atomic E-state index is 4.56. The molecule has 0 saturated heterocycles. The minimum Gasteiger partial charge on any atom is -0.356 e. The van der Waals surface area contributed by atoms with E-state index < -0.39 is 0 Å². The van der Waals surface area contributed by atoms with Crippen LogP contribution in [-0.4, -0.2) is 16.1 Å². The molecule has 0 aromatic carbocycles. The fraction of sp³-hybridized carbons (Fsp3) is 0.812. The topological polar surface area (TPSA) is 29.9 Å². The maximum Gasteiger partial charge on any atom is 0.203 e. The first kappa shape index (κ1) is 16.1. The van der Waals surface area contributed by atoms with Crippen LogP contribution >= 0.6 is 0 Å². The highest BCUT2D eigenvalue weighted by Gasteiger charge is 2.06. The molecule has 1 aromatic rings. The van der Waals surface area contributed by atoms with Gasteiger partial charge in [0.05, 0.1) is 5.69 Å². The van der Waals surface area contributed by atoms with E-state index in [-0.39, 0.29) is 0 Å². The highest BCUT2D eigenvalue weighted by atomic mass is 15.2. The van der Waals surface area contributed by atoms with Gasteiger partial charge in [0.15, 0.2) is 0 Å². The minimum atomic E-state index is 0.656. The number of anilines is 1. The number of nitrogens with zero attached hydrogens (tertiary/aromatic N) is 2. The van der Waals surface area contributed by atoms with Crippen LogP contribution in [0.4, 0.5) is 5.95 Å². The van der Waals surface area contributed by atoms with Crippen molar-refractivity contribution in [1.82, 2.24) is 9.55 Å². The largest absolute Gasteiger partial charge is 0.356 e. The average Bonchev–Trinajstić information content (AvgIpc) is 2.67. The normalized spacial score (nSPS) is 11.2. The van der Waals surface area contributed by atoms with Crippen molar-refractivity contribution in [2.45, 2.75) is 72.8 Å². The van der Waals surface area contributed by atoms with Crippen molar-refractivity contribution in [2.75, 3.05) is 11.9 Å². The molecule has 110 valence electrons. The second-order valence-corrected chi connectivity index (χ2v) is 5.95. The van der Waals surface area contributed by atoms with E-state index in [1.54, 1.807) is 0 Å². The maximum atomic E-state index is 4.56. The molecule has 0 saturated carbocycles. The van der Waals surface area contributed by atoms with Crippen LogP contribution in [-0.2, 0) is 6.54 Å².